The Morgan fingerprint density at radius 1 is 1.22 bits per heavy atom. The molecule has 0 amide bonds. The minimum Gasteiger partial charge on any atom is -0.497 e. The molecule has 0 saturated heterocycles. The number of ether oxygens (including phenoxy) is 1. The van der Waals surface area contributed by atoms with Crippen LogP contribution in [0.1, 0.15) is 13.0 Å². The van der Waals surface area contributed by atoms with Crippen LogP contribution in [0.2, 0.25) is 0 Å². The van der Waals surface area contributed by atoms with E-state index in [9.17, 15) is 5.11 Å². The average Bonchev–Trinajstić information content (AvgIpc) is 3.34. The van der Waals surface area contributed by atoms with E-state index in [0.717, 1.165) is 28.2 Å². The molecular weight excluding hydrogens is 344 g/mol. The molecule has 0 bridgehead atoms. The lowest BCUT2D eigenvalue weighted by Crippen LogP contribution is -2.09. The van der Waals surface area contributed by atoms with Crippen molar-refractivity contribution in [1.82, 2.24) is 24.4 Å². The van der Waals surface area contributed by atoms with Crippen LogP contribution in [0.15, 0.2) is 55.0 Å². The van der Waals surface area contributed by atoms with E-state index in [0.29, 0.717) is 5.95 Å². The predicted molar refractivity (Wildman–Crippen MR) is 102 cm³/mol. The number of aliphatic hydroxyl groups is 1. The van der Waals surface area contributed by atoms with Crippen molar-refractivity contribution >= 4 is 17.3 Å². The Hall–Kier alpha value is -3.39. The Labute approximate surface area is 156 Å². The van der Waals surface area contributed by atoms with Crippen LogP contribution in [0, 0.1) is 0 Å². The van der Waals surface area contributed by atoms with E-state index < -0.39 is 0 Å². The van der Waals surface area contributed by atoms with Gasteiger partial charge >= 0.3 is 0 Å². The van der Waals surface area contributed by atoms with E-state index in [1.165, 1.54) is 0 Å². The van der Waals surface area contributed by atoms with Crippen LogP contribution >= 0.6 is 0 Å². The maximum atomic E-state index is 9.24. The average molecular weight is 364 g/mol. The van der Waals surface area contributed by atoms with Gasteiger partial charge in [0.2, 0.25) is 5.95 Å². The van der Waals surface area contributed by atoms with E-state index in [4.69, 9.17) is 4.74 Å². The van der Waals surface area contributed by atoms with E-state index in [2.05, 4.69) is 20.5 Å². The molecule has 4 rings (SSSR count). The van der Waals surface area contributed by atoms with Crippen LogP contribution in [0.4, 0.5) is 11.6 Å². The molecule has 0 aliphatic carbocycles. The van der Waals surface area contributed by atoms with Crippen molar-refractivity contribution in [2.75, 3.05) is 19.0 Å². The smallest absolute Gasteiger partial charge is 0.247 e. The third-order valence-corrected chi connectivity index (χ3v) is 4.34. The van der Waals surface area contributed by atoms with E-state index in [-0.39, 0.29) is 12.6 Å². The lowest BCUT2D eigenvalue weighted by atomic mass is 10.1. The highest BCUT2D eigenvalue weighted by atomic mass is 16.5. The molecule has 2 N–H and O–H groups in total. The second-order valence-electron chi connectivity index (χ2n) is 6.22. The summed E-state index contributed by atoms with van der Waals surface area (Å²) in [7, 11) is 1.65. The summed E-state index contributed by atoms with van der Waals surface area (Å²) in [6.07, 6.45) is 5.36. The van der Waals surface area contributed by atoms with Crippen LogP contribution in [0.5, 0.6) is 5.75 Å². The quantitative estimate of drug-likeness (QED) is 0.547. The molecule has 138 valence electrons. The van der Waals surface area contributed by atoms with Gasteiger partial charge in [-0.3, -0.25) is 4.68 Å². The molecule has 1 atom stereocenters. The van der Waals surface area contributed by atoms with Crippen LogP contribution in [-0.4, -0.2) is 43.2 Å². The first-order chi connectivity index (χ1) is 13.2. The first kappa shape index (κ1) is 17.0. The highest BCUT2D eigenvalue weighted by molar-refractivity contribution is 5.78. The number of methoxy groups -OCH3 is 1. The third kappa shape index (κ3) is 3.34. The van der Waals surface area contributed by atoms with Gasteiger partial charge in [-0.2, -0.15) is 10.1 Å². The maximum Gasteiger partial charge on any atom is 0.247 e. The summed E-state index contributed by atoms with van der Waals surface area (Å²) in [5, 5.41) is 21.1. The van der Waals surface area contributed by atoms with Gasteiger partial charge in [-0.05, 0) is 36.8 Å². The maximum absolute atomic E-state index is 9.24. The summed E-state index contributed by atoms with van der Waals surface area (Å²) < 4.78 is 8.66. The molecule has 0 unspecified atom stereocenters. The zero-order valence-corrected chi connectivity index (χ0v) is 15.1. The van der Waals surface area contributed by atoms with Gasteiger partial charge in [0.15, 0.2) is 5.65 Å². The molecule has 3 aromatic heterocycles. The van der Waals surface area contributed by atoms with Crippen molar-refractivity contribution in [2.24, 2.45) is 0 Å². The van der Waals surface area contributed by atoms with Crippen LogP contribution < -0.4 is 10.1 Å². The second kappa shape index (κ2) is 7.08. The molecule has 4 aromatic rings. The number of aliphatic hydroxyl groups excluding tert-OH is 1. The highest BCUT2D eigenvalue weighted by Gasteiger charge is 2.11. The molecule has 0 fully saturated rings. The fourth-order valence-corrected chi connectivity index (χ4v) is 2.81. The molecule has 8 heteroatoms. The monoisotopic (exact) mass is 364 g/mol. The summed E-state index contributed by atoms with van der Waals surface area (Å²) >= 11 is 0. The molecule has 0 aliphatic heterocycles. The second-order valence-corrected chi connectivity index (χ2v) is 6.22. The molecule has 0 saturated carbocycles. The molecule has 1 aromatic carbocycles. The van der Waals surface area contributed by atoms with Crippen LogP contribution in [0.25, 0.3) is 16.8 Å². The molecule has 0 aliphatic rings. The van der Waals surface area contributed by atoms with Gasteiger partial charge in [-0.1, -0.05) is 12.1 Å². The van der Waals surface area contributed by atoms with Gasteiger partial charge in [-0.25, -0.2) is 4.52 Å². The number of hydrogen-bond acceptors (Lipinski definition) is 6. The fraction of sp³-hybridized carbons (Fsp3) is 0.211. The zero-order chi connectivity index (χ0) is 18.8. The van der Waals surface area contributed by atoms with Gasteiger partial charge in [0.1, 0.15) is 5.75 Å². The number of pyridine rings is 1. The van der Waals surface area contributed by atoms with Crippen molar-refractivity contribution in [2.45, 2.75) is 13.0 Å². The van der Waals surface area contributed by atoms with Gasteiger partial charge in [-0.15, -0.1) is 5.10 Å². The largest absolute Gasteiger partial charge is 0.497 e. The zero-order valence-electron chi connectivity index (χ0n) is 15.1. The Balaban J connectivity index is 1.65. The highest BCUT2D eigenvalue weighted by Crippen LogP contribution is 2.26. The molecule has 0 radical (unpaired) electrons. The Morgan fingerprint density at radius 3 is 2.78 bits per heavy atom. The Bertz CT molecular complexity index is 1050. The number of anilines is 2. The van der Waals surface area contributed by atoms with Crippen molar-refractivity contribution in [3.05, 3.63) is 55.0 Å². The summed E-state index contributed by atoms with van der Waals surface area (Å²) in [5.74, 6) is 1.29. The number of nitrogens with zero attached hydrogens (tertiary/aromatic N) is 5. The van der Waals surface area contributed by atoms with Gasteiger partial charge < -0.3 is 15.2 Å². The van der Waals surface area contributed by atoms with Crippen LogP contribution in [-0.2, 0) is 0 Å². The predicted octanol–water partition coefficient (Wildman–Crippen LogP) is 2.90. The van der Waals surface area contributed by atoms with Crippen molar-refractivity contribution in [3.63, 3.8) is 0 Å². The van der Waals surface area contributed by atoms with Crippen molar-refractivity contribution in [1.29, 1.82) is 0 Å². The molecule has 8 nitrogen and oxygen atoms in total. The summed E-state index contributed by atoms with van der Waals surface area (Å²) in [6, 6.07) is 11.7. The lowest BCUT2D eigenvalue weighted by Gasteiger charge is -2.06. The number of nitrogens with one attached hydrogen (secondary N) is 1. The number of benzene rings is 1. The van der Waals surface area contributed by atoms with Gasteiger partial charge in [0.25, 0.3) is 0 Å². The molecule has 0 spiro atoms. The lowest BCUT2D eigenvalue weighted by molar-refractivity contribution is 0.230. The number of rotatable bonds is 6. The van der Waals surface area contributed by atoms with Gasteiger partial charge in [0, 0.05) is 18.0 Å². The number of hydrogen-bond donors (Lipinski definition) is 2. The summed E-state index contributed by atoms with van der Waals surface area (Å²) in [4.78, 5) is 4.62. The van der Waals surface area contributed by atoms with Crippen molar-refractivity contribution in [3.8, 4) is 16.9 Å². The number of fused-ring (bicyclic) bond motifs is 1. The molecule has 27 heavy (non-hydrogen) atoms. The summed E-state index contributed by atoms with van der Waals surface area (Å²) in [5.41, 5.74) is 3.52. The van der Waals surface area contributed by atoms with Crippen molar-refractivity contribution < 1.29 is 9.84 Å². The first-order valence-corrected chi connectivity index (χ1v) is 8.60. The number of aromatic nitrogens is 5. The van der Waals surface area contributed by atoms with E-state index >= 15 is 0 Å². The minimum absolute atomic E-state index is 0.0267. The summed E-state index contributed by atoms with van der Waals surface area (Å²) in [6.45, 7) is 1.92. The fourth-order valence-electron chi connectivity index (χ4n) is 2.81. The van der Waals surface area contributed by atoms with Gasteiger partial charge in [0.05, 0.1) is 31.6 Å². The van der Waals surface area contributed by atoms with Crippen LogP contribution in [0.3, 0.4) is 0 Å². The Morgan fingerprint density at radius 2 is 2.04 bits per heavy atom. The molecular formula is C19H20N6O2. The SMILES string of the molecule is COc1ccc(-c2cccn3nc(Nc4cnn([C@H](C)CO)c4)nc23)cc1. The van der Waals surface area contributed by atoms with E-state index in [1.807, 2.05) is 55.7 Å². The Kier molecular flexibility index (Phi) is 4.47. The first-order valence-electron chi connectivity index (χ1n) is 8.60. The molecule has 3 heterocycles. The minimum atomic E-state index is -0.0868. The standard InChI is InChI=1S/C19H20N6O2/c1-13(12-26)25-11-15(10-20-25)21-19-22-18-17(4-3-9-24(18)23-19)14-5-7-16(27-2)8-6-14/h3-11,13,26H,12H2,1-2H3,(H,21,23)/t13-/m1/s1. The third-order valence-electron chi connectivity index (χ3n) is 4.34. The topological polar surface area (TPSA) is 89.5 Å². The normalized spacial score (nSPS) is 12.3. The van der Waals surface area contributed by atoms with E-state index in [1.54, 1.807) is 22.5 Å².